The summed E-state index contributed by atoms with van der Waals surface area (Å²) in [5.41, 5.74) is 7.35. The molecule has 35 heteroatoms. The highest BCUT2D eigenvalue weighted by Crippen LogP contribution is 2.52. The number of aromatic nitrogens is 8. The van der Waals surface area contributed by atoms with Crippen molar-refractivity contribution in [2.45, 2.75) is 80.9 Å². The summed E-state index contributed by atoms with van der Waals surface area (Å²) in [5, 5.41) is 33.2. The first-order valence-corrected chi connectivity index (χ1v) is 22.8. The molecule has 32 nitrogen and oxygen atoms in total. The molecule has 0 bridgehead atoms. The summed E-state index contributed by atoms with van der Waals surface area (Å²) >= 11 is 0. The van der Waals surface area contributed by atoms with Crippen LogP contribution in [0.2, 0.25) is 0 Å². The Kier molecular flexibility index (Phi) is 13.5. The van der Waals surface area contributed by atoms with Crippen molar-refractivity contribution in [3.05, 3.63) is 72.0 Å². The second-order valence-corrected chi connectivity index (χ2v) is 18.3. The molecule has 7 rings (SSSR count). The van der Waals surface area contributed by atoms with Crippen LogP contribution in [-0.2, 0) is 50.5 Å². The standard InChI is InChI=1S/C29H39N10O22P3/c1-10-5-38(29(46)36-23(10)43)16-4-11(40)12(57-16)6-55-63(50,51)61-21-14(59-26(19(21)42)39-9-32-17-22(39)34-27(31)35-24(17)44)8-56-64(52,53)60-20-13(7-54-62(47,48)49)58-25(18(20)41)37-3-2-15(30)33-28(37)45/h2-3,5,9,11-14,16,18-21,25-26,40-42H,4,6-8H2,1H3,(H,50,51)(H,52,53)(H2,30,33,45)(H,36,43,46)(H2,47,48,49)(H3,31,34,35,44)/t11-,12+,13+,14+,16+,18+,19+,20+,21+,25+,26+/m0/s1. The van der Waals surface area contributed by atoms with Gasteiger partial charge in [-0.25, -0.2) is 28.3 Å². The molecule has 13 N–H and O–H groups in total. The lowest BCUT2D eigenvalue weighted by atomic mass is 10.1. The quantitative estimate of drug-likeness (QED) is 0.0473. The number of aliphatic hydroxyl groups excluding tert-OH is 3. The Hall–Kier alpha value is -4.40. The fourth-order valence-corrected chi connectivity index (χ4v) is 9.16. The molecule has 0 radical (unpaired) electrons. The predicted molar refractivity (Wildman–Crippen MR) is 205 cm³/mol. The smallest absolute Gasteiger partial charge is 0.390 e. The average Bonchev–Trinajstić information content (AvgIpc) is 3.94. The minimum Gasteiger partial charge on any atom is -0.390 e. The Labute approximate surface area is 354 Å². The van der Waals surface area contributed by atoms with Crippen LogP contribution < -0.4 is 34.0 Å². The molecule has 2 unspecified atom stereocenters. The number of imidazole rings is 1. The Morgan fingerprint density at radius 2 is 1.36 bits per heavy atom. The van der Waals surface area contributed by atoms with Crippen LogP contribution in [0, 0.1) is 6.92 Å². The lowest BCUT2D eigenvalue weighted by molar-refractivity contribution is -0.0612. The van der Waals surface area contributed by atoms with Crippen LogP contribution in [0.25, 0.3) is 11.2 Å². The first-order chi connectivity index (χ1) is 29.9. The third-order valence-electron chi connectivity index (χ3n) is 9.85. The van der Waals surface area contributed by atoms with E-state index in [2.05, 4.69) is 29.4 Å². The van der Waals surface area contributed by atoms with E-state index in [0.717, 1.165) is 27.7 Å². The zero-order valence-electron chi connectivity index (χ0n) is 32.4. The molecule has 0 aliphatic carbocycles. The molecule has 3 aliphatic rings. The minimum atomic E-state index is -5.55. The zero-order valence-corrected chi connectivity index (χ0v) is 35.1. The molecule has 352 valence electrons. The van der Waals surface area contributed by atoms with Gasteiger partial charge in [-0.05, 0) is 13.0 Å². The Morgan fingerprint density at radius 3 is 1.95 bits per heavy atom. The molecular formula is C29H39N10O22P3. The molecule has 0 aromatic carbocycles. The molecule has 4 aromatic rings. The van der Waals surface area contributed by atoms with Gasteiger partial charge in [0, 0.05) is 24.4 Å². The number of phosphoric ester groups is 3. The summed E-state index contributed by atoms with van der Waals surface area (Å²) < 4.78 is 83.1. The summed E-state index contributed by atoms with van der Waals surface area (Å²) in [4.78, 5) is 105. The van der Waals surface area contributed by atoms with Crippen molar-refractivity contribution in [2.24, 2.45) is 0 Å². The van der Waals surface area contributed by atoms with E-state index in [1.807, 2.05) is 0 Å². The number of nitrogens with one attached hydrogen (secondary N) is 2. The van der Waals surface area contributed by atoms with E-state index in [-0.39, 0.29) is 29.0 Å². The number of hydrogen-bond donors (Lipinski definition) is 11. The van der Waals surface area contributed by atoms with Crippen LogP contribution in [0.1, 0.15) is 30.7 Å². The Bertz CT molecular complexity index is 2780. The Balaban J connectivity index is 1.10. The van der Waals surface area contributed by atoms with Gasteiger partial charge in [0.15, 0.2) is 23.6 Å². The first kappa shape index (κ1) is 47.6. The van der Waals surface area contributed by atoms with E-state index >= 15 is 0 Å². The molecule has 4 aromatic heterocycles. The van der Waals surface area contributed by atoms with Crippen molar-refractivity contribution in [2.75, 3.05) is 31.3 Å². The highest BCUT2D eigenvalue weighted by molar-refractivity contribution is 7.47. The minimum absolute atomic E-state index is 0.139. The van der Waals surface area contributed by atoms with Gasteiger partial charge in [0.05, 0.1) is 32.3 Å². The number of rotatable bonds is 16. The molecule has 0 amide bonds. The summed E-state index contributed by atoms with van der Waals surface area (Å²) in [7, 11) is -16.2. The molecule has 0 saturated carbocycles. The van der Waals surface area contributed by atoms with E-state index < -0.39 is 139 Å². The summed E-state index contributed by atoms with van der Waals surface area (Å²) in [6.07, 6.45) is -16.3. The summed E-state index contributed by atoms with van der Waals surface area (Å²) in [6, 6.07) is 1.13. The molecule has 64 heavy (non-hydrogen) atoms. The molecule has 13 atom stereocenters. The van der Waals surface area contributed by atoms with Crippen LogP contribution in [0.4, 0.5) is 11.8 Å². The van der Waals surface area contributed by atoms with Crippen molar-refractivity contribution in [1.82, 2.24) is 38.6 Å². The number of aliphatic hydroxyl groups is 3. The number of aromatic amines is 2. The number of ether oxygens (including phenoxy) is 3. The lowest BCUT2D eigenvalue weighted by Gasteiger charge is -2.26. The maximum atomic E-state index is 13.5. The van der Waals surface area contributed by atoms with E-state index in [9.17, 15) is 67.8 Å². The van der Waals surface area contributed by atoms with Crippen LogP contribution in [0.3, 0.4) is 0 Å². The highest BCUT2D eigenvalue weighted by atomic mass is 31.2. The molecule has 3 fully saturated rings. The molecule has 3 aliphatic heterocycles. The maximum Gasteiger partial charge on any atom is 0.472 e. The first-order valence-electron chi connectivity index (χ1n) is 18.3. The zero-order chi connectivity index (χ0) is 46.6. The van der Waals surface area contributed by atoms with Gasteiger partial charge in [-0.1, -0.05) is 0 Å². The van der Waals surface area contributed by atoms with Gasteiger partial charge < -0.3 is 60.6 Å². The van der Waals surface area contributed by atoms with E-state index in [1.54, 1.807) is 0 Å². The topological polar surface area (TPSA) is 472 Å². The van der Waals surface area contributed by atoms with Gasteiger partial charge >= 0.3 is 34.8 Å². The summed E-state index contributed by atoms with van der Waals surface area (Å²) in [5.74, 6) is -0.625. The van der Waals surface area contributed by atoms with Crippen LogP contribution in [-0.4, -0.2) is 142 Å². The largest absolute Gasteiger partial charge is 0.472 e. The average molecular weight is 973 g/mol. The van der Waals surface area contributed by atoms with Gasteiger partial charge in [0.1, 0.15) is 54.8 Å². The van der Waals surface area contributed by atoms with Gasteiger partial charge in [0.25, 0.3) is 11.1 Å². The van der Waals surface area contributed by atoms with Crippen molar-refractivity contribution in [3.63, 3.8) is 0 Å². The fraction of sp³-hybridized carbons (Fsp3) is 0.552. The van der Waals surface area contributed by atoms with Crippen LogP contribution >= 0.6 is 23.5 Å². The van der Waals surface area contributed by atoms with E-state index in [4.69, 9.17) is 43.8 Å². The maximum absolute atomic E-state index is 13.5. The van der Waals surface area contributed by atoms with Crippen molar-refractivity contribution in [3.8, 4) is 0 Å². The molecule has 3 saturated heterocycles. The van der Waals surface area contributed by atoms with Crippen molar-refractivity contribution in [1.29, 1.82) is 0 Å². The van der Waals surface area contributed by atoms with Crippen LogP contribution in [0.15, 0.2) is 44.0 Å². The predicted octanol–water partition coefficient (Wildman–Crippen LogP) is -4.32. The number of H-pyrrole nitrogens is 2. The highest BCUT2D eigenvalue weighted by Gasteiger charge is 2.53. The van der Waals surface area contributed by atoms with E-state index in [0.29, 0.717) is 4.57 Å². The second kappa shape index (κ2) is 18.1. The number of aryl methyl sites for hydroxylation is 1. The lowest BCUT2D eigenvalue weighted by Crippen LogP contribution is -2.38. The monoisotopic (exact) mass is 972 g/mol. The third-order valence-corrected chi connectivity index (χ3v) is 12.3. The number of hydrogen-bond acceptors (Lipinski definition) is 23. The second-order valence-electron chi connectivity index (χ2n) is 14.3. The van der Waals surface area contributed by atoms with Crippen molar-refractivity contribution >= 4 is 46.4 Å². The Morgan fingerprint density at radius 1 is 0.781 bits per heavy atom. The van der Waals surface area contributed by atoms with Gasteiger partial charge in [-0.3, -0.25) is 55.9 Å². The molecular weight excluding hydrogens is 933 g/mol. The summed E-state index contributed by atoms with van der Waals surface area (Å²) in [6.45, 7) is -1.72. The fourth-order valence-electron chi connectivity index (χ4n) is 6.89. The number of nitrogen functional groups attached to an aromatic ring is 2. The SMILES string of the molecule is Cc1cn([C@H]2C[C@H](O)[C@@H](COP(=O)(O)O[C@H]3[C@@H](O)[C@H](n4cnc5c(=O)[nH]c(N)nc54)O[C@@H]3COP(=O)(O)O[C@H]3[C@@H](O)[C@H](n4ccc(N)nc4=O)O[C@@H]3COP(=O)(O)O)O2)c(=O)[nH]c1=O. The normalized spacial score (nSPS) is 30.5. The van der Waals surface area contributed by atoms with Gasteiger partial charge in [-0.2, -0.15) is 9.97 Å². The van der Waals surface area contributed by atoms with Crippen LogP contribution in [0.5, 0.6) is 0 Å². The number of nitrogens with two attached hydrogens (primary N) is 2. The number of phosphoric acid groups is 3. The van der Waals surface area contributed by atoms with Gasteiger partial charge in [-0.15, -0.1) is 0 Å². The van der Waals surface area contributed by atoms with Crippen molar-refractivity contribution < 1.29 is 85.4 Å². The van der Waals surface area contributed by atoms with Gasteiger partial charge in [0.2, 0.25) is 5.95 Å². The molecule has 7 heterocycles. The molecule has 0 spiro atoms. The number of nitrogens with zero attached hydrogens (tertiary/aromatic N) is 6. The van der Waals surface area contributed by atoms with E-state index in [1.165, 1.54) is 13.1 Å². The third kappa shape index (κ3) is 10.3. The number of fused-ring (bicyclic) bond motifs is 1. The number of anilines is 2.